The summed E-state index contributed by atoms with van der Waals surface area (Å²) in [5.41, 5.74) is 0.856. The van der Waals surface area contributed by atoms with Gasteiger partial charge in [-0.05, 0) is 0 Å². The van der Waals surface area contributed by atoms with Crippen LogP contribution in [-0.2, 0) is 19.4 Å². The van der Waals surface area contributed by atoms with Gasteiger partial charge in [-0.25, -0.2) is 0 Å². The SMILES string of the molecule is [CH-]=C([B]CC)/C=C\[CH]=[W]. The molecule has 1 radical (unpaired) electrons. The van der Waals surface area contributed by atoms with Crippen LogP contribution in [0, 0.1) is 6.58 Å². The molecule has 0 aliphatic heterocycles. The van der Waals surface area contributed by atoms with Crippen LogP contribution < -0.4 is 0 Å². The predicted octanol–water partition coefficient (Wildman–Crippen LogP) is 1.35. The van der Waals surface area contributed by atoms with Gasteiger partial charge in [0.1, 0.15) is 0 Å². The van der Waals surface area contributed by atoms with Gasteiger partial charge in [0.2, 0.25) is 0 Å². The van der Waals surface area contributed by atoms with Crippen molar-refractivity contribution in [1.29, 1.82) is 0 Å². The molecule has 0 aromatic heterocycles. The van der Waals surface area contributed by atoms with Crippen molar-refractivity contribution in [3.05, 3.63) is 24.2 Å². The number of hydrogen-bond donors (Lipinski definition) is 0. The maximum atomic E-state index is 5.53. The molecular formula is C7H9BW-. The van der Waals surface area contributed by atoms with Gasteiger partial charge in [0.15, 0.2) is 0 Å². The number of allylic oxidation sites excluding steroid dienone is 3. The van der Waals surface area contributed by atoms with E-state index in [1.807, 2.05) is 23.8 Å². The van der Waals surface area contributed by atoms with Crippen molar-refractivity contribution < 1.29 is 19.4 Å². The average molecular weight is 288 g/mol. The van der Waals surface area contributed by atoms with Gasteiger partial charge in [-0.2, -0.15) is 0 Å². The zero-order valence-corrected chi connectivity index (χ0v) is 8.44. The molecule has 47 valence electrons. The molecule has 0 saturated carbocycles. The van der Waals surface area contributed by atoms with Crippen LogP contribution in [0.5, 0.6) is 0 Å². The Hall–Kier alpha value is 0.103. The van der Waals surface area contributed by atoms with Crippen LogP contribution >= 0.6 is 0 Å². The summed E-state index contributed by atoms with van der Waals surface area (Å²) in [6.07, 6.45) is 4.89. The van der Waals surface area contributed by atoms with Gasteiger partial charge in [-0.15, -0.1) is 0 Å². The molecule has 0 nitrogen and oxygen atoms in total. The molecule has 0 fully saturated rings. The average Bonchev–Trinajstić information content (AvgIpc) is 1.85. The molecule has 0 saturated heterocycles. The first-order valence-corrected chi connectivity index (χ1v) is 4.58. The first-order chi connectivity index (χ1) is 4.31. The minimum atomic E-state index is 0.856. The van der Waals surface area contributed by atoms with E-state index in [0.29, 0.717) is 0 Å². The van der Waals surface area contributed by atoms with Crippen molar-refractivity contribution in [3.63, 3.8) is 0 Å². The molecule has 0 spiro atoms. The third kappa shape index (κ3) is 5.98. The zero-order chi connectivity index (χ0) is 7.11. The fraction of sp³-hybridized carbons (Fsp3) is 0.286. The van der Waals surface area contributed by atoms with Crippen LogP contribution in [0.15, 0.2) is 17.6 Å². The van der Waals surface area contributed by atoms with Gasteiger partial charge >= 0.3 is 68.5 Å². The second-order valence-corrected chi connectivity index (χ2v) is 2.59. The first-order valence-electron chi connectivity index (χ1n) is 2.88. The normalized spacial score (nSPS) is 9.44. The molecule has 0 aromatic carbocycles. The summed E-state index contributed by atoms with van der Waals surface area (Å²) >= 11 is 1.45. The molecule has 0 heterocycles. The molecule has 0 unspecified atom stereocenters. The van der Waals surface area contributed by atoms with E-state index >= 15 is 0 Å². The molecule has 0 N–H and O–H groups in total. The second-order valence-electron chi connectivity index (χ2n) is 1.61. The van der Waals surface area contributed by atoms with Gasteiger partial charge in [0, 0.05) is 0 Å². The van der Waals surface area contributed by atoms with E-state index in [0.717, 1.165) is 11.8 Å². The number of hydrogen-bond acceptors (Lipinski definition) is 0. The zero-order valence-electron chi connectivity index (χ0n) is 5.50. The van der Waals surface area contributed by atoms with Gasteiger partial charge in [0.05, 0.1) is 0 Å². The van der Waals surface area contributed by atoms with E-state index in [-0.39, 0.29) is 0 Å². The molecule has 0 aliphatic carbocycles. The predicted molar refractivity (Wildman–Crippen MR) is 39.3 cm³/mol. The standard InChI is InChI=1S/C7H9B.W/c1-4-6-7(3)8-5-2;/h1,3-4,6H,5H2,2H3;/q-1;/b6-4-;. The van der Waals surface area contributed by atoms with Crippen LogP contribution in [0.3, 0.4) is 0 Å². The Bertz CT molecular complexity index is 127. The van der Waals surface area contributed by atoms with E-state index < -0.39 is 0 Å². The van der Waals surface area contributed by atoms with Crippen LogP contribution in [0.4, 0.5) is 0 Å². The Morgan fingerprint density at radius 2 is 2.44 bits per heavy atom. The second kappa shape index (κ2) is 6.23. The Kier molecular flexibility index (Phi) is 6.30. The van der Waals surface area contributed by atoms with Gasteiger partial charge < -0.3 is 0 Å². The summed E-state index contributed by atoms with van der Waals surface area (Å²) in [4.78, 5) is 0. The maximum absolute atomic E-state index is 5.53. The monoisotopic (exact) mass is 288 g/mol. The fourth-order valence-corrected chi connectivity index (χ4v) is 0.736. The van der Waals surface area contributed by atoms with Crippen LogP contribution in [0.2, 0.25) is 6.32 Å². The molecule has 2 heteroatoms. The summed E-state index contributed by atoms with van der Waals surface area (Å²) in [7, 11) is 2.00. The van der Waals surface area contributed by atoms with Crippen LogP contribution in [0.25, 0.3) is 0 Å². The Morgan fingerprint density at radius 3 is 2.89 bits per heavy atom. The first kappa shape index (κ1) is 9.10. The van der Waals surface area contributed by atoms with Crippen LogP contribution in [-0.4, -0.2) is 11.7 Å². The minimum absolute atomic E-state index is 0.856. The molecule has 0 amide bonds. The van der Waals surface area contributed by atoms with E-state index in [4.69, 9.17) is 6.58 Å². The quantitative estimate of drug-likeness (QED) is 0.416. The summed E-state index contributed by atoms with van der Waals surface area (Å²) < 4.78 is 2.04. The van der Waals surface area contributed by atoms with Crippen molar-refractivity contribution in [3.8, 4) is 0 Å². The van der Waals surface area contributed by atoms with Gasteiger partial charge in [-0.3, -0.25) is 0 Å². The van der Waals surface area contributed by atoms with Crippen molar-refractivity contribution in [2.24, 2.45) is 0 Å². The summed E-state index contributed by atoms with van der Waals surface area (Å²) in [6.45, 7) is 7.60. The molecular weight excluding hydrogens is 279 g/mol. The van der Waals surface area contributed by atoms with Gasteiger partial charge in [-0.1, -0.05) is 0 Å². The van der Waals surface area contributed by atoms with Crippen molar-refractivity contribution in [2.45, 2.75) is 13.2 Å². The van der Waals surface area contributed by atoms with E-state index in [1.54, 1.807) is 0 Å². The summed E-state index contributed by atoms with van der Waals surface area (Å²) in [5, 5.41) is 0. The Labute approximate surface area is 68.7 Å². The van der Waals surface area contributed by atoms with Crippen molar-refractivity contribution in [1.82, 2.24) is 0 Å². The van der Waals surface area contributed by atoms with Crippen molar-refractivity contribution in [2.75, 3.05) is 0 Å². The van der Waals surface area contributed by atoms with Crippen molar-refractivity contribution >= 4 is 11.7 Å². The number of rotatable bonds is 4. The van der Waals surface area contributed by atoms with E-state index in [2.05, 4.69) is 6.92 Å². The summed E-state index contributed by atoms with van der Waals surface area (Å²) in [6, 6.07) is 0. The molecule has 0 aromatic rings. The summed E-state index contributed by atoms with van der Waals surface area (Å²) in [5.74, 6) is 0. The van der Waals surface area contributed by atoms with E-state index in [9.17, 15) is 0 Å². The van der Waals surface area contributed by atoms with Gasteiger partial charge in [0.25, 0.3) is 0 Å². The van der Waals surface area contributed by atoms with E-state index in [1.165, 1.54) is 19.4 Å². The third-order valence-corrected chi connectivity index (χ3v) is 1.37. The molecule has 0 rings (SSSR count). The Morgan fingerprint density at radius 1 is 1.78 bits per heavy atom. The molecule has 0 atom stereocenters. The molecule has 0 bridgehead atoms. The Balaban J connectivity index is 3.49. The topological polar surface area (TPSA) is 0 Å². The molecule has 0 aliphatic rings. The molecule has 9 heavy (non-hydrogen) atoms. The fourth-order valence-electron chi connectivity index (χ4n) is 0.454. The third-order valence-electron chi connectivity index (χ3n) is 0.807. The van der Waals surface area contributed by atoms with Crippen LogP contribution in [0.1, 0.15) is 6.92 Å².